The molecule has 0 saturated carbocycles. The molecule has 2 heterocycles. The zero-order valence-corrected chi connectivity index (χ0v) is 8.72. The molecule has 6 nitrogen and oxygen atoms in total. The van der Waals surface area contributed by atoms with E-state index >= 15 is 0 Å². The van der Waals surface area contributed by atoms with Crippen LogP contribution in [-0.2, 0) is 13.6 Å². The van der Waals surface area contributed by atoms with Crippen molar-refractivity contribution >= 4 is 0 Å². The Morgan fingerprint density at radius 2 is 2.60 bits per heavy atom. The molecule has 0 bridgehead atoms. The molecular weight excluding hydrogens is 192 g/mol. The van der Waals surface area contributed by atoms with Gasteiger partial charge in [0.15, 0.2) is 0 Å². The van der Waals surface area contributed by atoms with E-state index in [-0.39, 0.29) is 6.04 Å². The predicted octanol–water partition coefficient (Wildman–Crippen LogP) is -0.888. The normalized spacial score (nSPS) is 22.5. The molecule has 0 aromatic carbocycles. The third kappa shape index (κ3) is 2.32. The molecule has 1 unspecified atom stereocenters. The summed E-state index contributed by atoms with van der Waals surface area (Å²) in [6.45, 7) is 3.25. The van der Waals surface area contributed by atoms with E-state index in [1.54, 1.807) is 4.68 Å². The Bertz CT molecular complexity index is 365. The maximum Gasteiger partial charge on any atom is 0.111 e. The van der Waals surface area contributed by atoms with Gasteiger partial charge in [0.1, 0.15) is 6.04 Å². The Morgan fingerprint density at radius 3 is 3.27 bits per heavy atom. The van der Waals surface area contributed by atoms with E-state index in [0.29, 0.717) is 6.54 Å². The van der Waals surface area contributed by atoms with Crippen LogP contribution in [0.1, 0.15) is 5.69 Å². The van der Waals surface area contributed by atoms with Gasteiger partial charge in [-0.1, -0.05) is 5.21 Å². The first-order valence-corrected chi connectivity index (χ1v) is 4.99. The van der Waals surface area contributed by atoms with Gasteiger partial charge in [-0.2, -0.15) is 5.26 Å². The number of aromatic nitrogens is 3. The quantitative estimate of drug-likeness (QED) is 0.680. The van der Waals surface area contributed by atoms with Gasteiger partial charge in [0.05, 0.1) is 11.8 Å². The molecule has 80 valence electrons. The summed E-state index contributed by atoms with van der Waals surface area (Å²) in [4.78, 5) is 2.13. The molecule has 1 aliphatic heterocycles. The fraction of sp³-hybridized carbons (Fsp3) is 0.667. The molecule has 6 heteroatoms. The Hall–Kier alpha value is -1.45. The summed E-state index contributed by atoms with van der Waals surface area (Å²) < 4.78 is 1.68. The van der Waals surface area contributed by atoms with Crippen LogP contribution in [0.5, 0.6) is 0 Å². The van der Waals surface area contributed by atoms with Crippen LogP contribution < -0.4 is 5.32 Å². The SMILES string of the molecule is Cn1cc(CN2CCNCC2C#N)nn1. The molecule has 2 rings (SSSR count). The van der Waals surface area contributed by atoms with Gasteiger partial charge in [0.2, 0.25) is 0 Å². The maximum absolute atomic E-state index is 8.97. The van der Waals surface area contributed by atoms with E-state index in [9.17, 15) is 0 Å². The van der Waals surface area contributed by atoms with Crippen LogP contribution in [0.2, 0.25) is 0 Å². The second-order valence-electron chi connectivity index (χ2n) is 3.70. The highest BCUT2D eigenvalue weighted by Crippen LogP contribution is 2.07. The van der Waals surface area contributed by atoms with Gasteiger partial charge in [-0.3, -0.25) is 9.58 Å². The molecule has 0 spiro atoms. The standard InChI is InChI=1S/C9H14N6/c1-14-6-8(12-13-14)7-15-3-2-11-5-9(15)4-10/h6,9,11H,2-3,5,7H2,1H3. The topological polar surface area (TPSA) is 69.8 Å². The maximum atomic E-state index is 8.97. The number of piperazine rings is 1. The minimum Gasteiger partial charge on any atom is -0.313 e. The molecule has 1 aliphatic rings. The van der Waals surface area contributed by atoms with Crippen molar-refractivity contribution in [3.63, 3.8) is 0 Å². The summed E-state index contributed by atoms with van der Waals surface area (Å²) in [5.41, 5.74) is 0.916. The van der Waals surface area contributed by atoms with Gasteiger partial charge in [-0.25, -0.2) is 0 Å². The molecule has 0 radical (unpaired) electrons. The van der Waals surface area contributed by atoms with Crippen molar-refractivity contribution in [3.05, 3.63) is 11.9 Å². The lowest BCUT2D eigenvalue weighted by atomic mass is 10.2. The van der Waals surface area contributed by atoms with Crippen LogP contribution in [0, 0.1) is 11.3 Å². The van der Waals surface area contributed by atoms with Crippen molar-refractivity contribution in [2.45, 2.75) is 12.6 Å². The van der Waals surface area contributed by atoms with Crippen molar-refractivity contribution < 1.29 is 0 Å². The summed E-state index contributed by atoms with van der Waals surface area (Å²) in [6.07, 6.45) is 1.89. The molecule has 1 aromatic heterocycles. The first kappa shape index (κ1) is 10.1. The highest BCUT2D eigenvalue weighted by atomic mass is 15.4. The molecule has 1 fully saturated rings. The lowest BCUT2D eigenvalue weighted by Gasteiger charge is -2.30. The highest BCUT2D eigenvalue weighted by Gasteiger charge is 2.22. The monoisotopic (exact) mass is 206 g/mol. The van der Waals surface area contributed by atoms with E-state index in [4.69, 9.17) is 5.26 Å². The van der Waals surface area contributed by atoms with Crippen LogP contribution in [0.25, 0.3) is 0 Å². The summed E-state index contributed by atoms with van der Waals surface area (Å²) in [6, 6.07) is 2.23. The van der Waals surface area contributed by atoms with Gasteiger partial charge in [0.25, 0.3) is 0 Å². The van der Waals surface area contributed by atoms with E-state index in [1.807, 2.05) is 13.2 Å². The zero-order valence-electron chi connectivity index (χ0n) is 8.72. The molecular formula is C9H14N6. The average Bonchev–Trinajstić information content (AvgIpc) is 2.65. The van der Waals surface area contributed by atoms with E-state index in [1.165, 1.54) is 0 Å². The fourth-order valence-corrected chi connectivity index (χ4v) is 1.74. The van der Waals surface area contributed by atoms with Gasteiger partial charge in [-0.15, -0.1) is 5.10 Å². The molecule has 1 aromatic rings. The largest absolute Gasteiger partial charge is 0.313 e. The van der Waals surface area contributed by atoms with E-state index < -0.39 is 0 Å². The lowest BCUT2D eigenvalue weighted by Crippen LogP contribution is -2.50. The molecule has 0 amide bonds. The van der Waals surface area contributed by atoms with Crippen molar-refractivity contribution in [2.24, 2.45) is 7.05 Å². The Morgan fingerprint density at radius 1 is 1.73 bits per heavy atom. The van der Waals surface area contributed by atoms with Crippen LogP contribution in [0.4, 0.5) is 0 Å². The van der Waals surface area contributed by atoms with Gasteiger partial charge >= 0.3 is 0 Å². The van der Waals surface area contributed by atoms with Crippen LogP contribution in [-0.4, -0.2) is 45.6 Å². The van der Waals surface area contributed by atoms with Crippen LogP contribution >= 0.6 is 0 Å². The molecule has 1 atom stereocenters. The number of hydrogen-bond donors (Lipinski definition) is 1. The first-order valence-electron chi connectivity index (χ1n) is 4.99. The van der Waals surface area contributed by atoms with Crippen LogP contribution in [0.15, 0.2) is 6.20 Å². The van der Waals surface area contributed by atoms with Crippen LogP contribution in [0.3, 0.4) is 0 Å². The second-order valence-corrected chi connectivity index (χ2v) is 3.70. The Balaban J connectivity index is 2.01. The minimum atomic E-state index is -0.0549. The summed E-state index contributed by atoms with van der Waals surface area (Å²) in [5.74, 6) is 0. The van der Waals surface area contributed by atoms with Crippen molar-refractivity contribution in [3.8, 4) is 6.07 Å². The van der Waals surface area contributed by atoms with Gasteiger partial charge in [0, 0.05) is 39.4 Å². The number of rotatable bonds is 2. The Labute approximate surface area is 88.5 Å². The Kier molecular flexibility index (Phi) is 2.94. The van der Waals surface area contributed by atoms with Gasteiger partial charge < -0.3 is 5.32 Å². The lowest BCUT2D eigenvalue weighted by molar-refractivity contribution is 0.187. The molecule has 1 N–H and O–H groups in total. The number of nitrogens with one attached hydrogen (secondary N) is 1. The number of nitriles is 1. The molecule has 1 saturated heterocycles. The average molecular weight is 206 g/mol. The third-order valence-electron chi connectivity index (χ3n) is 2.52. The highest BCUT2D eigenvalue weighted by molar-refractivity contribution is 5.00. The molecule has 0 aliphatic carbocycles. The third-order valence-corrected chi connectivity index (χ3v) is 2.52. The zero-order chi connectivity index (χ0) is 10.7. The van der Waals surface area contributed by atoms with Crippen molar-refractivity contribution in [2.75, 3.05) is 19.6 Å². The first-order chi connectivity index (χ1) is 7.29. The second kappa shape index (κ2) is 4.38. The van der Waals surface area contributed by atoms with E-state index in [2.05, 4.69) is 26.6 Å². The van der Waals surface area contributed by atoms with Crippen molar-refractivity contribution in [1.29, 1.82) is 5.26 Å². The van der Waals surface area contributed by atoms with Gasteiger partial charge in [-0.05, 0) is 0 Å². The summed E-state index contributed by atoms with van der Waals surface area (Å²) in [7, 11) is 1.84. The summed E-state index contributed by atoms with van der Waals surface area (Å²) >= 11 is 0. The predicted molar refractivity (Wildman–Crippen MR) is 53.7 cm³/mol. The fourth-order valence-electron chi connectivity index (χ4n) is 1.74. The summed E-state index contributed by atoms with van der Waals surface area (Å²) in [5, 5.41) is 20.1. The minimum absolute atomic E-state index is 0.0549. The van der Waals surface area contributed by atoms with E-state index in [0.717, 1.165) is 25.3 Å². The smallest absolute Gasteiger partial charge is 0.111 e. The molecule has 15 heavy (non-hydrogen) atoms. The number of aryl methyl sites for hydroxylation is 1. The number of hydrogen-bond acceptors (Lipinski definition) is 5. The number of nitrogens with zero attached hydrogens (tertiary/aromatic N) is 5. The van der Waals surface area contributed by atoms with Crippen molar-refractivity contribution in [1.82, 2.24) is 25.2 Å².